The summed E-state index contributed by atoms with van der Waals surface area (Å²) >= 11 is 7.61. The molecule has 0 saturated carbocycles. The molecule has 0 aliphatic carbocycles. The highest BCUT2D eigenvalue weighted by Crippen LogP contribution is 2.23. The van der Waals surface area contributed by atoms with Gasteiger partial charge in [-0.3, -0.25) is 0 Å². The first-order valence-corrected chi connectivity index (χ1v) is 6.22. The van der Waals surface area contributed by atoms with Crippen LogP contribution < -0.4 is 4.90 Å². The van der Waals surface area contributed by atoms with Crippen molar-refractivity contribution < 1.29 is 0 Å². The van der Waals surface area contributed by atoms with Crippen molar-refractivity contribution in [2.45, 2.75) is 31.6 Å². The minimum atomic E-state index is 0.276. The summed E-state index contributed by atoms with van der Waals surface area (Å²) in [6.07, 6.45) is 3.20. The first-order chi connectivity index (χ1) is 6.79. The van der Waals surface area contributed by atoms with Crippen LogP contribution in [0.1, 0.15) is 25.6 Å². The van der Waals surface area contributed by atoms with E-state index in [4.69, 9.17) is 11.6 Å². The molecule has 0 bridgehead atoms. The summed E-state index contributed by atoms with van der Waals surface area (Å²) in [5, 5.41) is 1.31. The molecule has 1 aromatic rings. The molecular formula is C9H14ClN3S. The number of aryl methyl sites for hydroxylation is 1. The fourth-order valence-electron chi connectivity index (χ4n) is 1.62. The number of anilines is 1. The van der Waals surface area contributed by atoms with Crippen LogP contribution in [0.4, 0.5) is 5.13 Å². The molecule has 78 valence electrons. The van der Waals surface area contributed by atoms with Gasteiger partial charge >= 0.3 is 0 Å². The second-order valence-corrected chi connectivity index (χ2v) is 4.88. The lowest BCUT2D eigenvalue weighted by Gasteiger charge is -2.28. The van der Waals surface area contributed by atoms with E-state index in [1.54, 1.807) is 0 Å². The fraction of sp³-hybridized carbons (Fsp3) is 0.778. The Morgan fingerprint density at radius 3 is 3.14 bits per heavy atom. The van der Waals surface area contributed by atoms with Crippen LogP contribution in [0.15, 0.2) is 0 Å². The zero-order chi connectivity index (χ0) is 9.97. The molecule has 14 heavy (non-hydrogen) atoms. The lowest BCUT2D eigenvalue weighted by molar-refractivity contribution is 0.583. The topological polar surface area (TPSA) is 29.0 Å². The Balaban J connectivity index is 2.06. The zero-order valence-electron chi connectivity index (χ0n) is 8.24. The first kappa shape index (κ1) is 10.2. The molecule has 1 aliphatic heterocycles. The van der Waals surface area contributed by atoms with E-state index in [0.29, 0.717) is 0 Å². The SMILES string of the molecule is CCc1nsc(N2CCCC(Cl)C2)n1. The van der Waals surface area contributed by atoms with Gasteiger partial charge in [-0.1, -0.05) is 6.92 Å². The van der Waals surface area contributed by atoms with E-state index >= 15 is 0 Å². The van der Waals surface area contributed by atoms with Gasteiger partial charge in [0, 0.05) is 31.0 Å². The van der Waals surface area contributed by atoms with Crippen molar-refractivity contribution >= 4 is 28.3 Å². The van der Waals surface area contributed by atoms with Crippen molar-refractivity contribution in [3.05, 3.63) is 5.82 Å². The lowest BCUT2D eigenvalue weighted by atomic mass is 10.1. The summed E-state index contributed by atoms with van der Waals surface area (Å²) in [6, 6.07) is 0. The minimum Gasteiger partial charge on any atom is -0.345 e. The maximum absolute atomic E-state index is 6.12. The molecule has 1 aliphatic rings. The van der Waals surface area contributed by atoms with Crippen LogP contribution in [-0.4, -0.2) is 27.8 Å². The van der Waals surface area contributed by atoms with Gasteiger partial charge in [-0.25, -0.2) is 4.98 Å². The van der Waals surface area contributed by atoms with Crippen molar-refractivity contribution in [1.82, 2.24) is 9.36 Å². The highest BCUT2D eigenvalue weighted by atomic mass is 35.5. The molecule has 1 aromatic heterocycles. The van der Waals surface area contributed by atoms with Gasteiger partial charge in [-0.15, -0.1) is 11.6 Å². The smallest absolute Gasteiger partial charge is 0.205 e. The maximum Gasteiger partial charge on any atom is 0.205 e. The number of alkyl halides is 1. The summed E-state index contributed by atoms with van der Waals surface area (Å²) in [5.41, 5.74) is 0. The number of piperidine rings is 1. The second kappa shape index (κ2) is 4.45. The predicted molar refractivity (Wildman–Crippen MR) is 60.4 cm³/mol. The molecule has 1 atom stereocenters. The largest absolute Gasteiger partial charge is 0.345 e. The van der Waals surface area contributed by atoms with Crippen LogP contribution >= 0.6 is 23.1 Å². The molecule has 0 amide bonds. The van der Waals surface area contributed by atoms with E-state index < -0.39 is 0 Å². The Morgan fingerprint density at radius 1 is 1.64 bits per heavy atom. The number of halogens is 1. The van der Waals surface area contributed by atoms with Crippen LogP contribution in [0.3, 0.4) is 0 Å². The maximum atomic E-state index is 6.12. The Morgan fingerprint density at radius 2 is 2.50 bits per heavy atom. The average molecular weight is 232 g/mol. The summed E-state index contributed by atoms with van der Waals surface area (Å²) in [7, 11) is 0. The third-order valence-electron chi connectivity index (χ3n) is 2.41. The molecule has 1 saturated heterocycles. The standard InChI is InChI=1S/C9H14ClN3S/c1-2-8-11-9(14-12-8)13-5-3-4-7(10)6-13/h7H,2-6H2,1H3. The Labute approximate surface area is 93.3 Å². The van der Waals surface area contributed by atoms with Gasteiger partial charge in [0.1, 0.15) is 5.82 Å². The summed E-state index contributed by atoms with van der Waals surface area (Å²) < 4.78 is 4.28. The van der Waals surface area contributed by atoms with E-state index in [1.807, 2.05) is 0 Å². The number of aromatic nitrogens is 2. The zero-order valence-corrected chi connectivity index (χ0v) is 9.81. The van der Waals surface area contributed by atoms with Crippen molar-refractivity contribution in [1.29, 1.82) is 0 Å². The highest BCUT2D eigenvalue weighted by Gasteiger charge is 2.20. The van der Waals surface area contributed by atoms with E-state index in [1.165, 1.54) is 11.5 Å². The quantitative estimate of drug-likeness (QED) is 0.732. The van der Waals surface area contributed by atoms with Crippen LogP contribution in [0.5, 0.6) is 0 Å². The number of hydrogen-bond donors (Lipinski definition) is 0. The highest BCUT2D eigenvalue weighted by molar-refractivity contribution is 7.09. The van der Waals surface area contributed by atoms with Gasteiger partial charge in [0.05, 0.1) is 5.38 Å². The molecule has 0 N–H and O–H groups in total. The van der Waals surface area contributed by atoms with Gasteiger partial charge in [0.2, 0.25) is 5.13 Å². The van der Waals surface area contributed by atoms with Crippen molar-refractivity contribution in [3.63, 3.8) is 0 Å². The second-order valence-electron chi connectivity index (χ2n) is 3.53. The third kappa shape index (κ3) is 2.17. The van der Waals surface area contributed by atoms with Gasteiger partial charge in [-0.05, 0) is 12.8 Å². The predicted octanol–water partition coefficient (Wildman–Crippen LogP) is 2.31. The van der Waals surface area contributed by atoms with Crippen LogP contribution in [0.2, 0.25) is 0 Å². The molecule has 1 unspecified atom stereocenters. The molecule has 0 spiro atoms. The third-order valence-corrected chi connectivity index (χ3v) is 3.58. The van der Waals surface area contributed by atoms with E-state index in [2.05, 4.69) is 21.2 Å². The molecule has 1 fully saturated rings. The Bertz CT molecular complexity index is 302. The van der Waals surface area contributed by atoms with Crippen LogP contribution in [0.25, 0.3) is 0 Å². The normalized spacial score (nSPS) is 22.7. The van der Waals surface area contributed by atoms with Gasteiger partial charge in [0.25, 0.3) is 0 Å². The Kier molecular flexibility index (Phi) is 3.23. The average Bonchev–Trinajstić information content (AvgIpc) is 2.66. The van der Waals surface area contributed by atoms with E-state index in [0.717, 1.165) is 43.3 Å². The molecule has 0 aromatic carbocycles. The monoisotopic (exact) mass is 231 g/mol. The van der Waals surface area contributed by atoms with Gasteiger partial charge in [0.15, 0.2) is 0 Å². The van der Waals surface area contributed by atoms with Crippen molar-refractivity contribution in [2.24, 2.45) is 0 Å². The summed E-state index contributed by atoms with van der Waals surface area (Å²) in [5.74, 6) is 0.946. The van der Waals surface area contributed by atoms with Crippen LogP contribution in [0, 0.1) is 0 Å². The molecule has 3 nitrogen and oxygen atoms in total. The number of rotatable bonds is 2. The molecule has 5 heteroatoms. The van der Waals surface area contributed by atoms with Crippen LogP contribution in [-0.2, 0) is 6.42 Å². The summed E-state index contributed by atoms with van der Waals surface area (Å²) in [6.45, 7) is 4.06. The number of nitrogens with zero attached hydrogens (tertiary/aromatic N) is 3. The van der Waals surface area contributed by atoms with Crippen molar-refractivity contribution in [2.75, 3.05) is 18.0 Å². The molecule has 2 heterocycles. The number of hydrogen-bond acceptors (Lipinski definition) is 4. The Hall–Kier alpha value is -0.350. The summed E-state index contributed by atoms with van der Waals surface area (Å²) in [4.78, 5) is 6.71. The first-order valence-electron chi connectivity index (χ1n) is 5.01. The molecular weight excluding hydrogens is 218 g/mol. The minimum absolute atomic E-state index is 0.276. The van der Waals surface area contributed by atoms with Crippen molar-refractivity contribution in [3.8, 4) is 0 Å². The van der Waals surface area contributed by atoms with Gasteiger partial charge in [-0.2, -0.15) is 4.37 Å². The lowest BCUT2D eigenvalue weighted by Crippen LogP contribution is -2.35. The van der Waals surface area contributed by atoms with Gasteiger partial charge < -0.3 is 4.90 Å². The van der Waals surface area contributed by atoms with E-state index in [9.17, 15) is 0 Å². The molecule has 2 rings (SSSR count). The van der Waals surface area contributed by atoms with E-state index in [-0.39, 0.29) is 5.38 Å². The fourth-order valence-corrected chi connectivity index (χ4v) is 2.72. The molecule has 0 radical (unpaired) electrons.